The van der Waals surface area contributed by atoms with Crippen molar-refractivity contribution in [3.63, 3.8) is 0 Å². The molecule has 0 saturated carbocycles. The Morgan fingerprint density at radius 2 is 1.62 bits per heavy atom. The number of sulfonamides is 1. The summed E-state index contributed by atoms with van der Waals surface area (Å²) in [5.41, 5.74) is 3.33. The first-order chi connectivity index (χ1) is 13.8. The highest BCUT2D eigenvalue weighted by molar-refractivity contribution is 7.89. The molecule has 3 aromatic rings. The van der Waals surface area contributed by atoms with Crippen molar-refractivity contribution >= 4 is 33.4 Å². The number of amides is 1. The van der Waals surface area contributed by atoms with E-state index < -0.39 is 10.0 Å². The summed E-state index contributed by atoms with van der Waals surface area (Å²) in [6, 6.07) is 19.2. The van der Waals surface area contributed by atoms with Crippen LogP contribution in [-0.4, -0.2) is 24.6 Å². The van der Waals surface area contributed by atoms with Crippen molar-refractivity contribution < 1.29 is 13.2 Å². The molecule has 0 unspecified atom stereocenters. The summed E-state index contributed by atoms with van der Waals surface area (Å²) < 4.78 is 24.8. The van der Waals surface area contributed by atoms with E-state index in [-0.39, 0.29) is 10.8 Å². The molecule has 146 valence electrons. The van der Waals surface area contributed by atoms with E-state index >= 15 is 0 Å². The number of carbonyl (C=O) groups excluding carboxylic acids is 1. The maximum Gasteiger partial charge on any atom is 0.280 e. The molecule has 0 aliphatic carbocycles. The monoisotopic (exact) mass is 406 g/mol. The molecule has 2 aromatic carbocycles. The lowest BCUT2D eigenvalue weighted by Crippen LogP contribution is -2.21. The summed E-state index contributed by atoms with van der Waals surface area (Å²) in [4.78, 5) is 12.9. The maximum absolute atomic E-state index is 12.9. The van der Waals surface area contributed by atoms with Crippen LogP contribution >= 0.6 is 0 Å². The quantitative estimate of drug-likeness (QED) is 0.675. The molecule has 1 aliphatic rings. The minimum absolute atomic E-state index is 0.0424. The Labute approximate surface area is 168 Å². The maximum atomic E-state index is 12.9. The van der Waals surface area contributed by atoms with Crippen LogP contribution in [0.15, 0.2) is 88.5 Å². The molecule has 8 heteroatoms. The number of benzene rings is 2. The third-order valence-electron chi connectivity index (χ3n) is 4.58. The molecule has 0 saturated heterocycles. The number of nitrogens with two attached hydrogens (primary N) is 1. The third kappa shape index (κ3) is 3.63. The fraction of sp³-hybridized carbons (Fsp3) is 0.0476. The summed E-state index contributed by atoms with van der Waals surface area (Å²) in [6.45, 7) is 1.79. The van der Waals surface area contributed by atoms with Crippen LogP contribution in [0.25, 0.3) is 11.8 Å². The normalized spacial score (nSPS) is 15.8. The van der Waals surface area contributed by atoms with E-state index in [9.17, 15) is 13.2 Å². The first-order valence-corrected chi connectivity index (χ1v) is 10.4. The molecule has 1 aromatic heterocycles. The van der Waals surface area contributed by atoms with Gasteiger partial charge in [-0.05, 0) is 61.5 Å². The van der Waals surface area contributed by atoms with Gasteiger partial charge in [0.1, 0.15) is 0 Å². The van der Waals surface area contributed by atoms with Gasteiger partial charge in [-0.15, -0.1) is 0 Å². The van der Waals surface area contributed by atoms with Gasteiger partial charge in [0.2, 0.25) is 10.0 Å². The van der Waals surface area contributed by atoms with Crippen LogP contribution < -0.4 is 10.1 Å². The fourth-order valence-electron chi connectivity index (χ4n) is 3.12. The van der Waals surface area contributed by atoms with Gasteiger partial charge in [-0.25, -0.2) is 13.6 Å². The largest absolute Gasteiger partial charge is 0.317 e. The summed E-state index contributed by atoms with van der Waals surface area (Å²) in [5.74, 6) is -0.203. The lowest BCUT2D eigenvalue weighted by Gasteiger charge is -2.11. The zero-order valence-corrected chi connectivity index (χ0v) is 16.4. The van der Waals surface area contributed by atoms with Crippen molar-refractivity contribution in [2.45, 2.75) is 11.8 Å². The van der Waals surface area contributed by atoms with E-state index in [1.807, 2.05) is 53.2 Å². The van der Waals surface area contributed by atoms with Crippen molar-refractivity contribution in [1.29, 1.82) is 0 Å². The number of aromatic nitrogens is 1. The molecular weight excluding hydrogens is 388 g/mol. The van der Waals surface area contributed by atoms with Gasteiger partial charge in [0.15, 0.2) is 0 Å². The average molecular weight is 406 g/mol. The van der Waals surface area contributed by atoms with Crippen LogP contribution in [0, 0.1) is 0 Å². The summed E-state index contributed by atoms with van der Waals surface area (Å²) in [7, 11) is -3.75. The topological polar surface area (TPSA) is 97.8 Å². The van der Waals surface area contributed by atoms with Gasteiger partial charge < -0.3 is 4.57 Å². The molecular formula is C21H18N4O3S. The second kappa shape index (κ2) is 7.16. The molecule has 2 heterocycles. The Hall–Kier alpha value is -3.49. The molecule has 2 N–H and O–H groups in total. The van der Waals surface area contributed by atoms with E-state index in [1.165, 1.54) is 17.1 Å². The molecule has 0 atom stereocenters. The Balaban J connectivity index is 1.68. The first kappa shape index (κ1) is 18.9. The number of hydrogen-bond acceptors (Lipinski definition) is 4. The number of hydrazone groups is 1. The van der Waals surface area contributed by atoms with E-state index in [0.29, 0.717) is 17.0 Å². The second-order valence-electron chi connectivity index (χ2n) is 6.54. The zero-order valence-electron chi connectivity index (χ0n) is 15.6. The molecule has 1 aliphatic heterocycles. The number of anilines is 1. The van der Waals surface area contributed by atoms with E-state index in [0.717, 1.165) is 11.4 Å². The Bertz CT molecular complexity index is 1240. The number of rotatable bonds is 4. The van der Waals surface area contributed by atoms with Gasteiger partial charge in [0.05, 0.1) is 21.9 Å². The fourth-order valence-corrected chi connectivity index (χ4v) is 3.64. The molecule has 0 spiro atoms. The number of hydrogen-bond donors (Lipinski definition) is 1. The molecule has 0 fully saturated rings. The standard InChI is InChI=1S/C21H18N4O3S/c1-15-20(21(26)25(23-15)17-6-3-2-4-7-17)14-18-8-5-13-24(18)16-9-11-19(12-10-16)29(22,27)28/h2-14H,1H3,(H2,22,27,28). The lowest BCUT2D eigenvalue weighted by molar-refractivity contribution is -0.114. The van der Waals surface area contributed by atoms with Gasteiger partial charge in [0.25, 0.3) is 5.91 Å². The highest BCUT2D eigenvalue weighted by Gasteiger charge is 2.28. The van der Waals surface area contributed by atoms with Crippen LogP contribution in [0.3, 0.4) is 0 Å². The van der Waals surface area contributed by atoms with E-state index in [2.05, 4.69) is 5.10 Å². The van der Waals surface area contributed by atoms with Crippen molar-refractivity contribution in [3.05, 3.63) is 84.2 Å². The average Bonchev–Trinajstić information content (AvgIpc) is 3.28. The minimum Gasteiger partial charge on any atom is -0.317 e. The minimum atomic E-state index is -3.75. The van der Waals surface area contributed by atoms with Gasteiger partial charge >= 0.3 is 0 Å². The van der Waals surface area contributed by atoms with Crippen LogP contribution in [0.2, 0.25) is 0 Å². The smallest absolute Gasteiger partial charge is 0.280 e. The molecule has 0 bridgehead atoms. The number of para-hydroxylation sites is 1. The summed E-state index contributed by atoms with van der Waals surface area (Å²) >= 11 is 0. The number of nitrogens with zero attached hydrogens (tertiary/aromatic N) is 3. The van der Waals surface area contributed by atoms with E-state index in [4.69, 9.17) is 5.14 Å². The van der Waals surface area contributed by atoms with Gasteiger partial charge in [-0.2, -0.15) is 10.1 Å². The number of primary sulfonamides is 1. The predicted molar refractivity (Wildman–Crippen MR) is 112 cm³/mol. The zero-order chi connectivity index (χ0) is 20.6. The van der Waals surface area contributed by atoms with E-state index in [1.54, 1.807) is 25.1 Å². The number of carbonyl (C=O) groups is 1. The predicted octanol–water partition coefficient (Wildman–Crippen LogP) is 2.93. The summed E-state index contributed by atoms with van der Waals surface area (Å²) in [5, 5.41) is 10.9. The van der Waals surface area contributed by atoms with Crippen LogP contribution in [-0.2, 0) is 14.8 Å². The second-order valence-corrected chi connectivity index (χ2v) is 8.10. The van der Waals surface area contributed by atoms with Gasteiger partial charge in [0, 0.05) is 17.6 Å². The molecule has 0 radical (unpaired) electrons. The van der Waals surface area contributed by atoms with Crippen molar-refractivity contribution in [2.75, 3.05) is 5.01 Å². The van der Waals surface area contributed by atoms with Crippen molar-refractivity contribution in [3.8, 4) is 5.69 Å². The molecule has 7 nitrogen and oxygen atoms in total. The van der Waals surface area contributed by atoms with Crippen LogP contribution in [0.1, 0.15) is 12.6 Å². The van der Waals surface area contributed by atoms with Gasteiger partial charge in [-0.3, -0.25) is 4.79 Å². The molecule has 29 heavy (non-hydrogen) atoms. The van der Waals surface area contributed by atoms with Gasteiger partial charge in [-0.1, -0.05) is 18.2 Å². The van der Waals surface area contributed by atoms with Crippen LogP contribution in [0.5, 0.6) is 0 Å². The van der Waals surface area contributed by atoms with Crippen molar-refractivity contribution in [2.24, 2.45) is 10.2 Å². The Kier molecular flexibility index (Phi) is 4.65. The lowest BCUT2D eigenvalue weighted by atomic mass is 10.1. The molecule has 4 rings (SSSR count). The third-order valence-corrected chi connectivity index (χ3v) is 5.51. The summed E-state index contributed by atoms with van der Waals surface area (Å²) in [6.07, 6.45) is 3.61. The highest BCUT2D eigenvalue weighted by atomic mass is 32.2. The van der Waals surface area contributed by atoms with Crippen molar-refractivity contribution in [1.82, 2.24) is 4.57 Å². The van der Waals surface area contributed by atoms with Crippen LogP contribution in [0.4, 0.5) is 5.69 Å². The first-order valence-electron chi connectivity index (χ1n) is 8.82. The highest BCUT2D eigenvalue weighted by Crippen LogP contribution is 2.25. The Morgan fingerprint density at radius 1 is 0.931 bits per heavy atom. The molecule has 1 amide bonds. The SMILES string of the molecule is CC1=NN(c2ccccc2)C(=O)C1=Cc1cccn1-c1ccc(S(N)(=O)=O)cc1. The Morgan fingerprint density at radius 3 is 2.28 bits per heavy atom.